The molecule has 1 rings (SSSR count). The Hall–Kier alpha value is -1.58. The molecule has 0 unspecified atom stereocenters. The summed E-state index contributed by atoms with van der Waals surface area (Å²) in [7, 11) is 3.44. The van der Waals surface area contributed by atoms with Crippen molar-refractivity contribution in [1.29, 1.82) is 0 Å². The highest BCUT2D eigenvalue weighted by Crippen LogP contribution is 1.93. The van der Waals surface area contributed by atoms with E-state index in [-0.39, 0.29) is 6.03 Å². The van der Waals surface area contributed by atoms with Crippen molar-refractivity contribution < 1.29 is 4.79 Å². The Morgan fingerprint density at radius 2 is 2.29 bits per heavy atom. The van der Waals surface area contributed by atoms with E-state index in [9.17, 15) is 4.79 Å². The molecule has 1 aromatic heterocycles. The summed E-state index contributed by atoms with van der Waals surface area (Å²) in [5.74, 6) is 0. The number of rotatable bonds is 3. The first kappa shape index (κ1) is 10.5. The lowest BCUT2D eigenvalue weighted by Gasteiger charge is -2.11. The first-order valence-electron chi connectivity index (χ1n) is 4.55. The summed E-state index contributed by atoms with van der Waals surface area (Å²) in [6.07, 6.45) is 2.52. The first-order valence-corrected chi connectivity index (χ1v) is 4.55. The van der Waals surface area contributed by atoms with Crippen LogP contribution in [0.25, 0.3) is 0 Å². The highest BCUT2D eigenvalue weighted by molar-refractivity contribution is 5.73. The summed E-state index contributed by atoms with van der Waals surface area (Å²) in [5.41, 5.74) is 0.992. The minimum Gasteiger partial charge on any atom is -0.338 e. The van der Waals surface area contributed by atoms with Crippen LogP contribution in [0.4, 0.5) is 4.79 Å². The van der Waals surface area contributed by atoms with Gasteiger partial charge in [0, 0.05) is 39.0 Å². The standard InChI is InChI=1S/C10H15N3O/c1-13(2)10(14)12-8-6-9-5-3-4-7-11-9/h3-5,7H,6,8H2,1-2H3,(H,12,14). The van der Waals surface area contributed by atoms with Gasteiger partial charge in [0.15, 0.2) is 0 Å². The molecule has 0 saturated carbocycles. The lowest BCUT2D eigenvalue weighted by Crippen LogP contribution is -2.35. The third kappa shape index (κ3) is 3.43. The molecular weight excluding hydrogens is 178 g/mol. The van der Waals surface area contributed by atoms with Gasteiger partial charge in [-0.25, -0.2) is 4.79 Å². The summed E-state index contributed by atoms with van der Waals surface area (Å²) in [6, 6.07) is 5.70. The van der Waals surface area contributed by atoms with Gasteiger partial charge in [0.1, 0.15) is 0 Å². The fourth-order valence-corrected chi connectivity index (χ4v) is 1.00. The van der Waals surface area contributed by atoms with E-state index < -0.39 is 0 Å². The number of carbonyl (C=O) groups excluding carboxylic acids is 1. The second-order valence-corrected chi connectivity index (χ2v) is 3.20. The number of aromatic nitrogens is 1. The number of carbonyl (C=O) groups is 1. The normalized spacial score (nSPS) is 9.57. The zero-order valence-corrected chi connectivity index (χ0v) is 8.53. The summed E-state index contributed by atoms with van der Waals surface area (Å²) >= 11 is 0. The van der Waals surface area contributed by atoms with E-state index >= 15 is 0 Å². The molecule has 0 saturated heterocycles. The van der Waals surface area contributed by atoms with E-state index in [4.69, 9.17) is 0 Å². The molecule has 0 aliphatic carbocycles. The van der Waals surface area contributed by atoms with Crippen LogP contribution in [0, 0.1) is 0 Å². The predicted octanol–water partition coefficient (Wildman–Crippen LogP) is 0.895. The van der Waals surface area contributed by atoms with Gasteiger partial charge in [0.05, 0.1) is 0 Å². The average Bonchev–Trinajstić information content (AvgIpc) is 2.19. The van der Waals surface area contributed by atoms with E-state index in [2.05, 4.69) is 10.3 Å². The summed E-state index contributed by atoms with van der Waals surface area (Å²) in [4.78, 5) is 16.8. The molecule has 0 atom stereocenters. The number of amides is 2. The number of nitrogens with one attached hydrogen (secondary N) is 1. The highest BCUT2D eigenvalue weighted by atomic mass is 16.2. The molecule has 0 aliphatic rings. The molecule has 4 nitrogen and oxygen atoms in total. The molecule has 1 heterocycles. The third-order valence-corrected chi connectivity index (χ3v) is 1.79. The van der Waals surface area contributed by atoms with Crippen molar-refractivity contribution in [3.8, 4) is 0 Å². The molecule has 0 aliphatic heterocycles. The maximum absolute atomic E-state index is 11.1. The number of pyridine rings is 1. The quantitative estimate of drug-likeness (QED) is 0.775. The average molecular weight is 193 g/mol. The topological polar surface area (TPSA) is 45.2 Å². The van der Waals surface area contributed by atoms with Crippen molar-refractivity contribution in [2.75, 3.05) is 20.6 Å². The van der Waals surface area contributed by atoms with Gasteiger partial charge in [0.25, 0.3) is 0 Å². The Morgan fingerprint density at radius 1 is 1.50 bits per heavy atom. The second-order valence-electron chi connectivity index (χ2n) is 3.20. The Labute approximate surface area is 83.9 Å². The van der Waals surface area contributed by atoms with Crippen LogP contribution in [-0.4, -0.2) is 36.6 Å². The van der Waals surface area contributed by atoms with E-state index in [1.165, 1.54) is 4.90 Å². The number of urea groups is 1. The fraction of sp³-hybridized carbons (Fsp3) is 0.400. The largest absolute Gasteiger partial charge is 0.338 e. The van der Waals surface area contributed by atoms with Gasteiger partial charge in [-0.15, -0.1) is 0 Å². The van der Waals surface area contributed by atoms with E-state index in [0.717, 1.165) is 12.1 Å². The van der Waals surface area contributed by atoms with Crippen LogP contribution in [0.2, 0.25) is 0 Å². The molecule has 4 heteroatoms. The molecule has 0 fully saturated rings. The zero-order chi connectivity index (χ0) is 10.4. The number of nitrogens with zero attached hydrogens (tertiary/aromatic N) is 2. The smallest absolute Gasteiger partial charge is 0.316 e. The molecule has 76 valence electrons. The maximum Gasteiger partial charge on any atom is 0.316 e. The van der Waals surface area contributed by atoms with Crippen molar-refractivity contribution in [1.82, 2.24) is 15.2 Å². The van der Waals surface area contributed by atoms with Gasteiger partial charge >= 0.3 is 6.03 Å². The van der Waals surface area contributed by atoms with Crippen molar-refractivity contribution in [3.63, 3.8) is 0 Å². The van der Waals surface area contributed by atoms with Crippen LogP contribution in [0.5, 0.6) is 0 Å². The molecule has 0 aromatic carbocycles. The van der Waals surface area contributed by atoms with Gasteiger partial charge in [-0.1, -0.05) is 6.07 Å². The third-order valence-electron chi connectivity index (χ3n) is 1.79. The SMILES string of the molecule is CN(C)C(=O)NCCc1ccccn1. The van der Waals surface area contributed by atoms with Crippen molar-refractivity contribution in [2.45, 2.75) is 6.42 Å². The van der Waals surface area contributed by atoms with Crippen molar-refractivity contribution >= 4 is 6.03 Å². The first-order chi connectivity index (χ1) is 6.70. The van der Waals surface area contributed by atoms with Crippen molar-refractivity contribution in [3.05, 3.63) is 30.1 Å². The van der Waals surface area contributed by atoms with E-state index in [1.54, 1.807) is 20.3 Å². The van der Waals surface area contributed by atoms with E-state index in [0.29, 0.717) is 6.54 Å². The monoisotopic (exact) mass is 193 g/mol. The van der Waals surface area contributed by atoms with Gasteiger partial charge in [0.2, 0.25) is 0 Å². The number of hydrogen-bond acceptors (Lipinski definition) is 2. The summed E-state index contributed by atoms with van der Waals surface area (Å²) < 4.78 is 0. The minimum atomic E-state index is -0.0686. The van der Waals surface area contributed by atoms with Gasteiger partial charge < -0.3 is 10.2 Å². The molecular formula is C10H15N3O. The molecule has 1 N–H and O–H groups in total. The van der Waals surface area contributed by atoms with Gasteiger partial charge in [-0.3, -0.25) is 4.98 Å². The van der Waals surface area contributed by atoms with Crippen LogP contribution in [0.3, 0.4) is 0 Å². The Bertz CT molecular complexity index is 285. The number of hydrogen-bond donors (Lipinski definition) is 1. The minimum absolute atomic E-state index is 0.0686. The van der Waals surface area contributed by atoms with Gasteiger partial charge in [-0.05, 0) is 12.1 Å². The summed E-state index contributed by atoms with van der Waals surface area (Å²) in [6.45, 7) is 0.619. The highest BCUT2D eigenvalue weighted by Gasteiger charge is 2.01. The molecule has 1 aromatic rings. The lowest BCUT2D eigenvalue weighted by molar-refractivity contribution is 0.217. The molecule has 2 amide bonds. The summed E-state index contributed by atoms with van der Waals surface area (Å²) in [5, 5.41) is 2.78. The lowest BCUT2D eigenvalue weighted by atomic mass is 10.3. The maximum atomic E-state index is 11.1. The molecule has 0 spiro atoms. The molecule has 14 heavy (non-hydrogen) atoms. The van der Waals surface area contributed by atoms with E-state index in [1.807, 2.05) is 18.2 Å². The zero-order valence-electron chi connectivity index (χ0n) is 8.53. The van der Waals surface area contributed by atoms with Crippen LogP contribution in [0.1, 0.15) is 5.69 Å². The Kier molecular flexibility index (Phi) is 3.91. The van der Waals surface area contributed by atoms with Crippen LogP contribution >= 0.6 is 0 Å². The van der Waals surface area contributed by atoms with Crippen molar-refractivity contribution in [2.24, 2.45) is 0 Å². The van der Waals surface area contributed by atoms with Crippen LogP contribution < -0.4 is 5.32 Å². The van der Waals surface area contributed by atoms with Crippen LogP contribution in [0.15, 0.2) is 24.4 Å². The molecule has 0 bridgehead atoms. The fourth-order valence-electron chi connectivity index (χ4n) is 1.00. The van der Waals surface area contributed by atoms with Gasteiger partial charge in [-0.2, -0.15) is 0 Å². The Morgan fingerprint density at radius 3 is 2.86 bits per heavy atom. The second kappa shape index (κ2) is 5.21. The molecule has 0 radical (unpaired) electrons. The predicted molar refractivity (Wildman–Crippen MR) is 55.0 cm³/mol. The van der Waals surface area contributed by atoms with Crippen LogP contribution in [-0.2, 0) is 6.42 Å². The Balaban J connectivity index is 2.26.